The van der Waals surface area contributed by atoms with Gasteiger partial charge in [-0.25, -0.2) is 9.97 Å². The molecule has 2 aromatic heterocycles. The first kappa shape index (κ1) is 12.8. The van der Waals surface area contributed by atoms with E-state index < -0.39 is 0 Å². The molecule has 0 radical (unpaired) electrons. The highest BCUT2D eigenvalue weighted by molar-refractivity contribution is 7.09. The first-order chi connectivity index (χ1) is 8.67. The molecule has 0 saturated heterocycles. The van der Waals surface area contributed by atoms with E-state index in [-0.39, 0.29) is 0 Å². The van der Waals surface area contributed by atoms with E-state index >= 15 is 0 Å². The minimum atomic E-state index is 0.322. The zero-order valence-corrected chi connectivity index (χ0v) is 11.5. The van der Waals surface area contributed by atoms with Crippen LogP contribution in [0.25, 0.3) is 0 Å². The van der Waals surface area contributed by atoms with Crippen molar-refractivity contribution in [2.45, 2.75) is 32.7 Å². The zero-order chi connectivity index (χ0) is 13.0. The molecule has 1 unspecified atom stereocenters. The third kappa shape index (κ3) is 3.43. The molecule has 2 aromatic rings. The fourth-order valence-electron chi connectivity index (χ4n) is 1.78. The fourth-order valence-corrected chi connectivity index (χ4v) is 2.62. The van der Waals surface area contributed by atoms with E-state index in [0.29, 0.717) is 11.9 Å². The minimum Gasteiger partial charge on any atom is -0.384 e. The van der Waals surface area contributed by atoms with Crippen molar-refractivity contribution in [1.82, 2.24) is 9.97 Å². The molecule has 0 aliphatic rings. The molecule has 0 aliphatic heterocycles. The van der Waals surface area contributed by atoms with E-state index in [1.165, 1.54) is 4.88 Å². The molecule has 0 bridgehead atoms. The number of aryl methyl sites for hydroxylation is 1. The Kier molecular flexibility index (Phi) is 4.15. The number of hydrogen-bond acceptors (Lipinski definition) is 5. The summed E-state index contributed by atoms with van der Waals surface area (Å²) in [6, 6.07) is 6.33. The van der Waals surface area contributed by atoms with Crippen molar-refractivity contribution in [2.75, 3.05) is 11.1 Å². The molecule has 4 nitrogen and oxygen atoms in total. The highest BCUT2D eigenvalue weighted by Crippen LogP contribution is 2.15. The number of rotatable bonds is 5. The second-order valence-corrected chi connectivity index (χ2v) is 5.31. The zero-order valence-electron chi connectivity index (χ0n) is 10.7. The molecule has 0 aliphatic carbocycles. The van der Waals surface area contributed by atoms with Crippen molar-refractivity contribution in [3.05, 3.63) is 34.3 Å². The Morgan fingerprint density at radius 1 is 1.44 bits per heavy atom. The second-order valence-electron chi connectivity index (χ2n) is 4.28. The van der Waals surface area contributed by atoms with Gasteiger partial charge in [-0.05, 0) is 18.4 Å². The molecule has 0 spiro atoms. The van der Waals surface area contributed by atoms with Crippen LogP contribution in [0.4, 0.5) is 11.6 Å². The van der Waals surface area contributed by atoms with E-state index in [9.17, 15) is 0 Å². The van der Waals surface area contributed by atoms with Gasteiger partial charge in [0.05, 0.1) is 0 Å². The number of nitrogens with one attached hydrogen (secondary N) is 1. The lowest BCUT2D eigenvalue weighted by molar-refractivity contribution is 0.789. The van der Waals surface area contributed by atoms with Gasteiger partial charge in [-0.15, -0.1) is 11.3 Å². The summed E-state index contributed by atoms with van der Waals surface area (Å²) in [6.07, 6.45) is 1.78. The van der Waals surface area contributed by atoms with Gasteiger partial charge in [0.2, 0.25) is 0 Å². The lowest BCUT2D eigenvalue weighted by Gasteiger charge is -2.14. The third-order valence-electron chi connectivity index (χ3n) is 2.59. The normalized spacial score (nSPS) is 12.3. The van der Waals surface area contributed by atoms with Crippen molar-refractivity contribution in [3.63, 3.8) is 0 Å². The van der Waals surface area contributed by atoms with Gasteiger partial charge in [0.15, 0.2) is 0 Å². The minimum absolute atomic E-state index is 0.322. The lowest BCUT2D eigenvalue weighted by atomic mass is 10.2. The van der Waals surface area contributed by atoms with Crippen molar-refractivity contribution < 1.29 is 0 Å². The summed E-state index contributed by atoms with van der Waals surface area (Å²) in [6.45, 7) is 4.16. The standard InChI is InChI=1S/C13H18N4S/c1-3-12-16-11(14)8-13(17-12)15-9(2)7-10-5-4-6-18-10/h4-6,8-9H,3,7H2,1-2H3,(H3,14,15,16,17). The van der Waals surface area contributed by atoms with Crippen LogP contribution in [-0.4, -0.2) is 16.0 Å². The number of hydrogen-bond donors (Lipinski definition) is 2. The van der Waals surface area contributed by atoms with Gasteiger partial charge in [-0.1, -0.05) is 13.0 Å². The Bertz CT molecular complexity index is 496. The molecule has 2 heterocycles. The van der Waals surface area contributed by atoms with Gasteiger partial charge in [-0.3, -0.25) is 0 Å². The third-order valence-corrected chi connectivity index (χ3v) is 3.49. The predicted octanol–water partition coefficient (Wildman–Crippen LogP) is 2.73. The van der Waals surface area contributed by atoms with E-state index in [1.807, 2.05) is 6.92 Å². The summed E-state index contributed by atoms with van der Waals surface area (Å²) >= 11 is 1.78. The van der Waals surface area contributed by atoms with Gasteiger partial charge in [0.1, 0.15) is 17.5 Å². The Morgan fingerprint density at radius 3 is 2.94 bits per heavy atom. The van der Waals surface area contributed by atoms with E-state index in [0.717, 1.165) is 24.5 Å². The number of nitrogens with zero attached hydrogens (tertiary/aromatic N) is 2. The number of aromatic nitrogens is 2. The molecule has 0 amide bonds. The van der Waals surface area contributed by atoms with Crippen LogP contribution < -0.4 is 11.1 Å². The molecule has 0 saturated carbocycles. The van der Waals surface area contributed by atoms with Gasteiger partial charge in [0.25, 0.3) is 0 Å². The second kappa shape index (κ2) is 5.82. The van der Waals surface area contributed by atoms with Crippen LogP contribution in [0.2, 0.25) is 0 Å². The van der Waals surface area contributed by atoms with Gasteiger partial charge < -0.3 is 11.1 Å². The average molecular weight is 262 g/mol. The van der Waals surface area contributed by atoms with Crippen LogP contribution in [0.3, 0.4) is 0 Å². The highest BCUT2D eigenvalue weighted by Gasteiger charge is 2.07. The van der Waals surface area contributed by atoms with Crippen LogP contribution in [0.15, 0.2) is 23.6 Å². The molecule has 0 aromatic carbocycles. The van der Waals surface area contributed by atoms with Gasteiger partial charge in [-0.2, -0.15) is 0 Å². The number of thiophene rings is 1. The van der Waals surface area contributed by atoms with Crippen LogP contribution in [-0.2, 0) is 12.8 Å². The smallest absolute Gasteiger partial charge is 0.132 e. The van der Waals surface area contributed by atoms with Gasteiger partial charge in [0, 0.05) is 29.8 Å². The maximum Gasteiger partial charge on any atom is 0.132 e. The van der Waals surface area contributed by atoms with Crippen molar-refractivity contribution in [1.29, 1.82) is 0 Å². The average Bonchev–Trinajstić information content (AvgIpc) is 2.80. The van der Waals surface area contributed by atoms with Crippen LogP contribution in [0, 0.1) is 0 Å². The van der Waals surface area contributed by atoms with Crippen LogP contribution >= 0.6 is 11.3 Å². The summed E-state index contributed by atoms with van der Waals surface area (Å²) in [4.78, 5) is 9.95. The maximum atomic E-state index is 5.76. The maximum absolute atomic E-state index is 5.76. The molecule has 2 rings (SSSR count). The number of nitrogens with two attached hydrogens (primary N) is 1. The van der Waals surface area contributed by atoms with Crippen LogP contribution in [0.1, 0.15) is 24.5 Å². The van der Waals surface area contributed by atoms with Crippen molar-refractivity contribution in [3.8, 4) is 0 Å². The Labute approximate surface area is 111 Å². The Balaban J connectivity index is 2.02. The van der Waals surface area contributed by atoms with E-state index in [1.54, 1.807) is 17.4 Å². The molecule has 96 valence electrons. The largest absolute Gasteiger partial charge is 0.384 e. The quantitative estimate of drug-likeness (QED) is 0.869. The Hall–Kier alpha value is -1.62. The summed E-state index contributed by atoms with van der Waals surface area (Å²) in [5, 5.41) is 5.47. The topological polar surface area (TPSA) is 63.8 Å². The van der Waals surface area contributed by atoms with Crippen molar-refractivity contribution in [2.24, 2.45) is 0 Å². The van der Waals surface area contributed by atoms with E-state index in [2.05, 4.69) is 39.7 Å². The number of nitrogen functional groups attached to an aromatic ring is 1. The van der Waals surface area contributed by atoms with E-state index in [4.69, 9.17) is 5.73 Å². The fraction of sp³-hybridized carbons (Fsp3) is 0.385. The highest BCUT2D eigenvalue weighted by atomic mass is 32.1. The molecular weight excluding hydrogens is 244 g/mol. The molecule has 1 atom stereocenters. The summed E-state index contributed by atoms with van der Waals surface area (Å²) in [5.74, 6) is 2.11. The molecule has 3 N–H and O–H groups in total. The molecule has 5 heteroatoms. The number of anilines is 2. The van der Waals surface area contributed by atoms with Crippen molar-refractivity contribution >= 4 is 23.0 Å². The Morgan fingerprint density at radius 2 is 2.28 bits per heavy atom. The summed E-state index contributed by atoms with van der Waals surface area (Å²) < 4.78 is 0. The SMILES string of the molecule is CCc1nc(N)cc(NC(C)Cc2cccs2)n1. The van der Waals surface area contributed by atoms with Gasteiger partial charge >= 0.3 is 0 Å². The molecule has 0 fully saturated rings. The lowest BCUT2D eigenvalue weighted by Crippen LogP contribution is -2.19. The summed E-state index contributed by atoms with van der Waals surface area (Å²) in [5.41, 5.74) is 5.76. The monoisotopic (exact) mass is 262 g/mol. The van der Waals surface area contributed by atoms with Crippen LogP contribution in [0.5, 0.6) is 0 Å². The molecule has 18 heavy (non-hydrogen) atoms. The molecular formula is C13H18N4S. The first-order valence-corrected chi connectivity index (χ1v) is 6.97. The predicted molar refractivity (Wildman–Crippen MR) is 76.9 cm³/mol. The first-order valence-electron chi connectivity index (χ1n) is 6.09. The summed E-state index contributed by atoms with van der Waals surface area (Å²) in [7, 11) is 0.